The molecular formula is C25H30N4O3. The first-order chi connectivity index (χ1) is 15.5. The molecule has 4 rings (SSSR count). The number of fused-ring (bicyclic) bond motifs is 1. The Balaban J connectivity index is 1.42. The summed E-state index contributed by atoms with van der Waals surface area (Å²) in [5, 5.41) is 6.99. The van der Waals surface area contributed by atoms with Crippen LogP contribution in [0.4, 0.5) is 10.5 Å². The minimum Gasteiger partial charge on any atom is -0.381 e. The molecule has 0 bridgehead atoms. The van der Waals surface area contributed by atoms with Gasteiger partial charge in [-0.05, 0) is 42.7 Å². The summed E-state index contributed by atoms with van der Waals surface area (Å²) in [6.07, 6.45) is 3.65. The van der Waals surface area contributed by atoms with Crippen molar-refractivity contribution in [1.82, 2.24) is 14.8 Å². The number of rotatable bonds is 6. The highest BCUT2D eigenvalue weighted by atomic mass is 16.5. The highest BCUT2D eigenvalue weighted by molar-refractivity contribution is 5.93. The van der Waals surface area contributed by atoms with Crippen LogP contribution in [-0.2, 0) is 21.5 Å². The minimum atomic E-state index is -0.228. The summed E-state index contributed by atoms with van der Waals surface area (Å²) in [5.74, 6) is 0.0320. The second-order valence-corrected chi connectivity index (χ2v) is 8.57. The molecule has 3 aromatic rings. The number of ether oxygens (including phenoxy) is 1. The summed E-state index contributed by atoms with van der Waals surface area (Å²) < 4.78 is 7.49. The molecule has 0 atom stereocenters. The fraction of sp³-hybridized carbons (Fsp3) is 0.360. The number of amides is 3. The summed E-state index contributed by atoms with van der Waals surface area (Å²) >= 11 is 0. The van der Waals surface area contributed by atoms with Gasteiger partial charge in [-0.1, -0.05) is 30.3 Å². The lowest BCUT2D eigenvalue weighted by Gasteiger charge is -2.38. The molecule has 1 aliphatic heterocycles. The normalized spacial score (nSPS) is 15.3. The van der Waals surface area contributed by atoms with Crippen LogP contribution in [0.25, 0.3) is 10.9 Å². The maximum atomic E-state index is 12.7. The van der Waals surface area contributed by atoms with Gasteiger partial charge in [-0.2, -0.15) is 0 Å². The van der Waals surface area contributed by atoms with Crippen LogP contribution in [0, 0.1) is 0 Å². The number of anilines is 1. The Kier molecular flexibility index (Phi) is 6.46. The van der Waals surface area contributed by atoms with Crippen LogP contribution in [0.5, 0.6) is 0 Å². The average molecular weight is 435 g/mol. The van der Waals surface area contributed by atoms with Crippen LogP contribution in [-0.4, -0.2) is 55.3 Å². The highest BCUT2D eigenvalue weighted by Crippen LogP contribution is 2.34. The van der Waals surface area contributed by atoms with Gasteiger partial charge in [0.2, 0.25) is 5.91 Å². The Hall–Kier alpha value is -3.32. The fourth-order valence-electron chi connectivity index (χ4n) is 4.25. The molecule has 0 aliphatic carbocycles. The zero-order valence-electron chi connectivity index (χ0n) is 18.6. The van der Waals surface area contributed by atoms with Crippen molar-refractivity contribution in [2.45, 2.75) is 24.8 Å². The standard InChI is InChI=1S/C25H30N4O3/c1-28(2)23(30)17-29-13-10-19-16-21(8-9-22(19)29)27-24(31)26-18-25(11-14-32-15-12-25)20-6-4-3-5-7-20/h3-10,13,16H,11-12,14-15,17-18H2,1-2H3,(H2,26,27,31). The zero-order chi connectivity index (χ0) is 22.6. The quantitative estimate of drug-likeness (QED) is 0.623. The molecule has 168 valence electrons. The van der Waals surface area contributed by atoms with E-state index in [9.17, 15) is 9.59 Å². The topological polar surface area (TPSA) is 75.6 Å². The van der Waals surface area contributed by atoms with Crippen LogP contribution < -0.4 is 10.6 Å². The molecule has 0 radical (unpaired) electrons. The van der Waals surface area contributed by atoms with Crippen LogP contribution in [0.15, 0.2) is 60.8 Å². The summed E-state index contributed by atoms with van der Waals surface area (Å²) in [5.41, 5.74) is 2.79. The van der Waals surface area contributed by atoms with Crippen LogP contribution in [0.3, 0.4) is 0 Å². The van der Waals surface area contributed by atoms with E-state index in [1.807, 2.05) is 53.2 Å². The second-order valence-electron chi connectivity index (χ2n) is 8.57. The van der Waals surface area contributed by atoms with Crippen molar-refractivity contribution in [2.24, 2.45) is 0 Å². The first-order valence-electron chi connectivity index (χ1n) is 10.9. The van der Waals surface area contributed by atoms with E-state index in [1.54, 1.807) is 19.0 Å². The van der Waals surface area contributed by atoms with Crippen molar-refractivity contribution in [3.8, 4) is 0 Å². The number of benzene rings is 2. The van der Waals surface area contributed by atoms with E-state index in [1.165, 1.54) is 5.56 Å². The van der Waals surface area contributed by atoms with Crippen LogP contribution >= 0.6 is 0 Å². The van der Waals surface area contributed by atoms with Gasteiger partial charge in [-0.25, -0.2) is 4.79 Å². The lowest BCUT2D eigenvalue weighted by atomic mass is 9.74. The molecule has 2 aromatic carbocycles. The molecular weight excluding hydrogens is 404 g/mol. The Morgan fingerprint density at radius 3 is 2.53 bits per heavy atom. The molecule has 1 fully saturated rings. The van der Waals surface area contributed by atoms with Crippen molar-refractivity contribution in [1.29, 1.82) is 0 Å². The second kappa shape index (κ2) is 9.44. The molecule has 1 aromatic heterocycles. The molecule has 32 heavy (non-hydrogen) atoms. The van der Waals surface area contributed by atoms with E-state index < -0.39 is 0 Å². The Morgan fingerprint density at radius 2 is 1.81 bits per heavy atom. The Labute approximate surface area is 188 Å². The third-order valence-corrected chi connectivity index (χ3v) is 6.26. The van der Waals surface area contributed by atoms with E-state index in [0.29, 0.717) is 25.4 Å². The van der Waals surface area contributed by atoms with Crippen LogP contribution in [0.1, 0.15) is 18.4 Å². The third-order valence-electron chi connectivity index (χ3n) is 6.26. The molecule has 2 heterocycles. The predicted molar refractivity (Wildman–Crippen MR) is 126 cm³/mol. The van der Waals surface area contributed by atoms with E-state index in [0.717, 1.165) is 23.7 Å². The fourth-order valence-corrected chi connectivity index (χ4v) is 4.25. The molecule has 7 nitrogen and oxygen atoms in total. The molecule has 0 saturated carbocycles. The lowest BCUT2D eigenvalue weighted by Crippen LogP contribution is -2.45. The first kappa shape index (κ1) is 21.9. The van der Waals surface area contributed by atoms with E-state index in [4.69, 9.17) is 4.74 Å². The summed E-state index contributed by atoms with van der Waals surface area (Å²) in [4.78, 5) is 26.3. The number of hydrogen-bond acceptors (Lipinski definition) is 3. The minimum absolute atomic E-state index is 0.0320. The van der Waals surface area contributed by atoms with E-state index >= 15 is 0 Å². The average Bonchev–Trinajstić information content (AvgIpc) is 3.20. The summed E-state index contributed by atoms with van der Waals surface area (Å²) in [6.45, 7) is 2.23. The smallest absolute Gasteiger partial charge is 0.319 e. The van der Waals surface area contributed by atoms with Crippen molar-refractivity contribution in [3.63, 3.8) is 0 Å². The van der Waals surface area contributed by atoms with Crippen LogP contribution in [0.2, 0.25) is 0 Å². The molecule has 3 amide bonds. The molecule has 0 spiro atoms. The maximum absolute atomic E-state index is 12.7. The Morgan fingerprint density at radius 1 is 1.06 bits per heavy atom. The number of carbonyl (C=O) groups excluding carboxylic acids is 2. The van der Waals surface area contributed by atoms with Gasteiger partial charge in [0.15, 0.2) is 0 Å². The molecule has 7 heteroatoms. The van der Waals surface area contributed by atoms with Gasteiger partial charge in [0.05, 0.1) is 0 Å². The van der Waals surface area contributed by atoms with Gasteiger partial charge in [-0.3, -0.25) is 4.79 Å². The van der Waals surface area contributed by atoms with Gasteiger partial charge < -0.3 is 24.8 Å². The van der Waals surface area contributed by atoms with Crippen molar-refractivity contribution in [2.75, 3.05) is 39.2 Å². The number of carbonyl (C=O) groups is 2. The monoisotopic (exact) mass is 434 g/mol. The van der Waals surface area contributed by atoms with E-state index in [-0.39, 0.29) is 23.9 Å². The number of nitrogens with zero attached hydrogens (tertiary/aromatic N) is 2. The summed E-state index contributed by atoms with van der Waals surface area (Å²) in [6, 6.07) is 17.8. The first-order valence-corrected chi connectivity index (χ1v) is 10.9. The Bertz CT molecular complexity index is 1090. The van der Waals surface area contributed by atoms with Gasteiger partial charge >= 0.3 is 6.03 Å². The van der Waals surface area contributed by atoms with Crippen molar-refractivity contribution in [3.05, 3.63) is 66.4 Å². The maximum Gasteiger partial charge on any atom is 0.319 e. The lowest BCUT2D eigenvalue weighted by molar-refractivity contribution is -0.129. The van der Waals surface area contributed by atoms with E-state index in [2.05, 4.69) is 22.8 Å². The third kappa shape index (κ3) is 4.78. The number of urea groups is 1. The van der Waals surface area contributed by atoms with Gasteiger partial charge in [-0.15, -0.1) is 0 Å². The number of nitrogens with one attached hydrogen (secondary N) is 2. The molecule has 1 aliphatic rings. The summed E-state index contributed by atoms with van der Waals surface area (Å²) in [7, 11) is 3.49. The number of hydrogen-bond donors (Lipinski definition) is 2. The highest BCUT2D eigenvalue weighted by Gasteiger charge is 2.34. The number of aromatic nitrogens is 1. The zero-order valence-corrected chi connectivity index (χ0v) is 18.6. The van der Waals surface area contributed by atoms with Gasteiger partial charge in [0, 0.05) is 62.1 Å². The predicted octanol–water partition coefficient (Wildman–Crippen LogP) is 3.60. The number of likely N-dealkylation sites (N-methyl/N-ethyl adjacent to an activating group) is 1. The largest absolute Gasteiger partial charge is 0.381 e. The van der Waals surface area contributed by atoms with Crippen molar-refractivity contribution >= 4 is 28.5 Å². The SMILES string of the molecule is CN(C)C(=O)Cn1ccc2cc(NC(=O)NCC3(c4ccccc4)CCOCC3)ccc21. The molecule has 1 saturated heterocycles. The molecule has 0 unspecified atom stereocenters. The van der Waals surface area contributed by atoms with Crippen molar-refractivity contribution < 1.29 is 14.3 Å². The van der Waals surface area contributed by atoms with Gasteiger partial charge in [0.25, 0.3) is 0 Å². The van der Waals surface area contributed by atoms with Gasteiger partial charge in [0.1, 0.15) is 6.54 Å². The molecule has 2 N–H and O–H groups in total.